The van der Waals surface area contributed by atoms with E-state index in [4.69, 9.17) is 21.1 Å². The van der Waals surface area contributed by atoms with Gasteiger partial charge in [0.1, 0.15) is 29.4 Å². The molecule has 2 N–H and O–H groups in total. The third-order valence-electron chi connectivity index (χ3n) is 8.68. The predicted molar refractivity (Wildman–Crippen MR) is 172 cm³/mol. The number of nitrogens with zero attached hydrogens (tertiary/aromatic N) is 8. The van der Waals surface area contributed by atoms with Gasteiger partial charge in [-0.05, 0) is 42.5 Å². The van der Waals surface area contributed by atoms with Gasteiger partial charge in [0.15, 0.2) is 17.7 Å². The standard InChI is InChI=1S/C32H32ClFN10O3/c33-29-14-26(40-41-29)31(45)44-8-7-28(25(34)16-44)47-27-6-1-20(13-21(27)15-35)30-36-19-37-32(39-30)38-22-2-4-23(5-3-22)42-9-11-43(12-10-42)24-17-46-18-24/h1-6,13-14,19,24-25,28H,7-12,16-18H2,(H,40,41)(H,36,37,38,39)/t25-,28-/m0/s1. The van der Waals surface area contributed by atoms with Gasteiger partial charge in [-0.3, -0.25) is 14.8 Å². The number of halogens is 2. The first kappa shape index (κ1) is 30.8. The Balaban J connectivity index is 0.965. The molecule has 242 valence electrons. The monoisotopic (exact) mass is 658 g/mol. The van der Waals surface area contributed by atoms with E-state index in [1.54, 1.807) is 18.2 Å². The molecule has 2 aromatic heterocycles. The Morgan fingerprint density at radius 3 is 2.57 bits per heavy atom. The van der Waals surface area contributed by atoms with Crippen molar-refractivity contribution in [2.24, 2.45) is 0 Å². The van der Waals surface area contributed by atoms with E-state index in [1.165, 1.54) is 23.0 Å². The van der Waals surface area contributed by atoms with E-state index in [0.29, 0.717) is 23.4 Å². The van der Waals surface area contributed by atoms with Gasteiger partial charge in [0, 0.05) is 62.1 Å². The SMILES string of the molecule is N#Cc1cc(-c2ncnc(Nc3ccc(N4CCN(C5COC5)CC4)cc3)n2)ccc1O[C@H]1CCN(C(=O)c2cc(Cl)[nH]n2)C[C@@H]1F. The van der Waals surface area contributed by atoms with Crippen molar-refractivity contribution in [3.8, 4) is 23.2 Å². The summed E-state index contributed by atoms with van der Waals surface area (Å²) in [5.41, 5.74) is 2.92. The molecule has 3 aliphatic rings. The zero-order valence-electron chi connectivity index (χ0n) is 25.4. The maximum Gasteiger partial charge on any atom is 0.274 e. The number of aromatic amines is 1. The molecule has 13 nitrogen and oxygen atoms in total. The highest BCUT2D eigenvalue weighted by atomic mass is 35.5. The molecule has 3 aliphatic heterocycles. The number of nitriles is 1. The Hall–Kier alpha value is -4.84. The molecule has 0 spiro atoms. The first-order valence-corrected chi connectivity index (χ1v) is 15.8. The average Bonchev–Trinajstić information content (AvgIpc) is 3.51. The zero-order chi connectivity index (χ0) is 32.3. The molecule has 5 heterocycles. The van der Waals surface area contributed by atoms with Crippen molar-refractivity contribution < 1.29 is 18.7 Å². The number of piperazine rings is 1. The van der Waals surface area contributed by atoms with Gasteiger partial charge in [0.2, 0.25) is 5.95 Å². The maximum absolute atomic E-state index is 15.1. The largest absolute Gasteiger partial charge is 0.486 e. The van der Waals surface area contributed by atoms with Crippen LogP contribution in [0, 0.1) is 11.3 Å². The minimum atomic E-state index is -1.46. The number of carbonyl (C=O) groups excluding carboxylic acids is 1. The number of hydrogen-bond donors (Lipinski definition) is 2. The van der Waals surface area contributed by atoms with Crippen molar-refractivity contribution in [1.82, 2.24) is 34.9 Å². The summed E-state index contributed by atoms with van der Waals surface area (Å²) in [5.74, 6) is 0.555. The van der Waals surface area contributed by atoms with Gasteiger partial charge in [0.25, 0.3) is 5.91 Å². The Labute approximate surface area is 275 Å². The second-order valence-electron chi connectivity index (χ2n) is 11.7. The maximum atomic E-state index is 15.1. The van der Waals surface area contributed by atoms with Gasteiger partial charge < -0.3 is 24.6 Å². The molecule has 4 aromatic rings. The van der Waals surface area contributed by atoms with Crippen LogP contribution in [-0.4, -0.2) is 112 Å². The van der Waals surface area contributed by atoms with Crippen molar-refractivity contribution >= 4 is 34.8 Å². The molecule has 1 amide bonds. The van der Waals surface area contributed by atoms with Gasteiger partial charge in [-0.2, -0.15) is 15.3 Å². The lowest BCUT2D eigenvalue weighted by molar-refractivity contribution is -0.0660. The second-order valence-corrected chi connectivity index (χ2v) is 12.1. The van der Waals surface area contributed by atoms with E-state index in [0.717, 1.165) is 45.1 Å². The van der Waals surface area contributed by atoms with Crippen molar-refractivity contribution in [2.45, 2.75) is 24.7 Å². The molecule has 3 fully saturated rings. The summed E-state index contributed by atoms with van der Waals surface area (Å²) in [4.78, 5) is 32.0. The van der Waals surface area contributed by atoms with Crippen LogP contribution in [0.4, 0.5) is 21.7 Å². The fourth-order valence-corrected chi connectivity index (χ4v) is 6.10. The third-order valence-corrected chi connectivity index (χ3v) is 8.88. The molecule has 0 aliphatic carbocycles. The predicted octanol–water partition coefficient (Wildman–Crippen LogP) is 3.68. The highest BCUT2D eigenvalue weighted by Gasteiger charge is 2.34. The molecule has 15 heteroatoms. The molecule has 3 saturated heterocycles. The summed E-state index contributed by atoms with van der Waals surface area (Å²) in [7, 11) is 0. The first-order valence-electron chi connectivity index (χ1n) is 15.4. The van der Waals surface area contributed by atoms with E-state index in [-0.39, 0.29) is 41.7 Å². The topological polar surface area (TPSA) is 148 Å². The number of likely N-dealkylation sites (tertiary alicyclic amines) is 1. The van der Waals surface area contributed by atoms with E-state index < -0.39 is 18.2 Å². The summed E-state index contributed by atoms with van der Waals surface area (Å²) in [5, 5.41) is 19.7. The molecular weight excluding hydrogens is 627 g/mol. The lowest BCUT2D eigenvalue weighted by Crippen LogP contribution is -2.56. The quantitative estimate of drug-likeness (QED) is 0.286. The van der Waals surface area contributed by atoms with Gasteiger partial charge in [-0.1, -0.05) is 11.6 Å². The van der Waals surface area contributed by atoms with E-state index >= 15 is 4.39 Å². The van der Waals surface area contributed by atoms with Crippen LogP contribution in [-0.2, 0) is 4.74 Å². The number of amides is 1. The lowest BCUT2D eigenvalue weighted by Gasteiger charge is -2.43. The Bertz CT molecular complexity index is 1770. The summed E-state index contributed by atoms with van der Waals surface area (Å²) >= 11 is 5.82. The lowest BCUT2D eigenvalue weighted by atomic mass is 10.0. The molecule has 7 rings (SSSR count). The molecule has 2 aromatic carbocycles. The number of alkyl halides is 1. The number of ether oxygens (including phenoxy) is 2. The van der Waals surface area contributed by atoms with Gasteiger partial charge >= 0.3 is 0 Å². The summed E-state index contributed by atoms with van der Waals surface area (Å²) in [6.07, 6.45) is -0.640. The number of hydrogen-bond acceptors (Lipinski definition) is 11. The van der Waals surface area contributed by atoms with E-state index in [9.17, 15) is 10.1 Å². The van der Waals surface area contributed by atoms with Crippen LogP contribution in [0.3, 0.4) is 0 Å². The molecule has 0 saturated carbocycles. The van der Waals surface area contributed by atoms with Crippen LogP contribution in [0.25, 0.3) is 11.4 Å². The van der Waals surface area contributed by atoms with Crippen LogP contribution in [0.1, 0.15) is 22.5 Å². The number of carbonyl (C=O) groups is 1. The number of anilines is 3. The Morgan fingerprint density at radius 1 is 1.09 bits per heavy atom. The fraction of sp³-hybridized carbons (Fsp3) is 0.375. The molecule has 47 heavy (non-hydrogen) atoms. The Kier molecular flexibility index (Phi) is 8.84. The highest BCUT2D eigenvalue weighted by molar-refractivity contribution is 6.29. The minimum Gasteiger partial charge on any atom is -0.486 e. The minimum absolute atomic E-state index is 0.124. The smallest absolute Gasteiger partial charge is 0.274 e. The average molecular weight is 659 g/mol. The van der Waals surface area contributed by atoms with Crippen molar-refractivity contribution in [2.75, 3.05) is 62.7 Å². The normalized spacial score (nSPS) is 20.4. The van der Waals surface area contributed by atoms with Gasteiger partial charge in [-0.15, -0.1) is 0 Å². The summed E-state index contributed by atoms with van der Waals surface area (Å²) in [6, 6.07) is 17.2. The second kappa shape index (κ2) is 13.5. The number of benzene rings is 2. The Morgan fingerprint density at radius 2 is 1.89 bits per heavy atom. The van der Waals surface area contributed by atoms with Crippen LogP contribution in [0.15, 0.2) is 54.9 Å². The zero-order valence-corrected chi connectivity index (χ0v) is 26.1. The number of rotatable bonds is 8. The van der Waals surface area contributed by atoms with Crippen molar-refractivity contribution in [3.05, 3.63) is 71.3 Å². The van der Waals surface area contributed by atoms with Crippen LogP contribution in [0.5, 0.6) is 5.75 Å². The number of piperidine rings is 1. The fourth-order valence-electron chi connectivity index (χ4n) is 5.95. The van der Waals surface area contributed by atoms with Crippen LogP contribution >= 0.6 is 11.6 Å². The first-order chi connectivity index (χ1) is 22.9. The van der Waals surface area contributed by atoms with Crippen LogP contribution in [0.2, 0.25) is 5.15 Å². The number of nitrogens with one attached hydrogen (secondary N) is 2. The highest BCUT2D eigenvalue weighted by Crippen LogP contribution is 2.29. The number of aromatic nitrogens is 5. The summed E-state index contributed by atoms with van der Waals surface area (Å²) < 4.78 is 26.4. The molecule has 0 unspecified atom stereocenters. The summed E-state index contributed by atoms with van der Waals surface area (Å²) in [6.45, 7) is 5.81. The molecular formula is C32H32ClFN10O3. The molecule has 2 atom stereocenters. The molecule has 0 bridgehead atoms. The van der Waals surface area contributed by atoms with Gasteiger partial charge in [-0.25, -0.2) is 14.4 Å². The molecule has 0 radical (unpaired) electrons. The van der Waals surface area contributed by atoms with Gasteiger partial charge in [0.05, 0.1) is 31.4 Å². The van der Waals surface area contributed by atoms with Crippen molar-refractivity contribution in [3.63, 3.8) is 0 Å². The van der Waals surface area contributed by atoms with E-state index in [2.05, 4.69) is 58.5 Å². The number of H-pyrrole nitrogens is 1. The van der Waals surface area contributed by atoms with E-state index in [1.807, 2.05) is 12.1 Å². The van der Waals surface area contributed by atoms with Crippen molar-refractivity contribution in [1.29, 1.82) is 5.26 Å². The van der Waals surface area contributed by atoms with Crippen LogP contribution < -0.4 is 15.0 Å². The third kappa shape index (κ3) is 6.83.